The second-order valence-corrected chi connectivity index (χ2v) is 6.36. The Bertz CT molecular complexity index is 667. The van der Waals surface area contributed by atoms with Crippen LogP contribution in [0, 0.1) is 0 Å². The molecule has 2 nitrogen and oxygen atoms in total. The van der Waals surface area contributed by atoms with E-state index in [-0.39, 0.29) is 16.0 Å². The van der Waals surface area contributed by atoms with Crippen molar-refractivity contribution in [1.82, 2.24) is 0 Å². The monoisotopic (exact) mass is 411 g/mol. The van der Waals surface area contributed by atoms with E-state index in [1.807, 2.05) is 0 Å². The standard InChI is InChI=1S/C13H6BrCl4NO/c14-9-2-1-6(15)3-8(9)13(20)19-12-10(17)4-7(16)5-11(12)18/h1-5H,(H,19,20). The first-order chi connectivity index (χ1) is 9.38. The molecule has 0 heterocycles. The molecule has 0 saturated heterocycles. The fourth-order valence-electron chi connectivity index (χ4n) is 1.51. The van der Waals surface area contributed by atoms with Crippen molar-refractivity contribution < 1.29 is 4.79 Å². The number of carbonyl (C=O) groups is 1. The summed E-state index contributed by atoms with van der Waals surface area (Å²) in [5.74, 6) is -0.384. The van der Waals surface area contributed by atoms with Crippen LogP contribution in [0.5, 0.6) is 0 Å². The minimum absolute atomic E-state index is 0.258. The molecule has 0 bridgehead atoms. The minimum Gasteiger partial charge on any atom is -0.319 e. The van der Waals surface area contributed by atoms with Gasteiger partial charge in [-0.25, -0.2) is 0 Å². The predicted octanol–water partition coefficient (Wildman–Crippen LogP) is 6.32. The molecule has 0 aliphatic rings. The van der Waals surface area contributed by atoms with Crippen LogP contribution in [0.2, 0.25) is 20.1 Å². The molecular weight excluding hydrogens is 408 g/mol. The van der Waals surface area contributed by atoms with Crippen LogP contribution in [0.1, 0.15) is 10.4 Å². The molecule has 20 heavy (non-hydrogen) atoms. The van der Waals surface area contributed by atoms with Gasteiger partial charge in [-0.05, 0) is 46.3 Å². The molecule has 0 atom stereocenters. The number of benzene rings is 2. The lowest BCUT2D eigenvalue weighted by Crippen LogP contribution is -2.13. The second kappa shape index (κ2) is 6.54. The van der Waals surface area contributed by atoms with Crippen LogP contribution in [-0.2, 0) is 0 Å². The molecule has 2 rings (SSSR count). The normalized spacial score (nSPS) is 10.4. The fourth-order valence-corrected chi connectivity index (χ4v) is 3.02. The molecule has 0 saturated carbocycles. The number of rotatable bonds is 2. The molecule has 0 unspecified atom stereocenters. The lowest BCUT2D eigenvalue weighted by Gasteiger charge is -2.11. The lowest BCUT2D eigenvalue weighted by atomic mass is 10.2. The van der Waals surface area contributed by atoms with Crippen molar-refractivity contribution in [3.8, 4) is 0 Å². The van der Waals surface area contributed by atoms with Crippen molar-refractivity contribution >= 4 is 73.9 Å². The summed E-state index contributed by atoms with van der Waals surface area (Å²) in [6, 6.07) is 7.89. The molecule has 0 radical (unpaired) electrons. The number of halogens is 5. The third-order valence-corrected chi connectivity index (χ3v) is 4.16. The third-order valence-electron chi connectivity index (χ3n) is 2.42. The van der Waals surface area contributed by atoms with Gasteiger partial charge in [0, 0.05) is 14.5 Å². The van der Waals surface area contributed by atoms with Gasteiger partial charge in [-0.3, -0.25) is 4.79 Å². The Morgan fingerprint density at radius 2 is 1.55 bits per heavy atom. The van der Waals surface area contributed by atoms with Gasteiger partial charge in [0.2, 0.25) is 0 Å². The van der Waals surface area contributed by atoms with Gasteiger partial charge in [0.1, 0.15) is 0 Å². The van der Waals surface area contributed by atoms with Gasteiger partial charge >= 0.3 is 0 Å². The van der Waals surface area contributed by atoms with Gasteiger partial charge in [-0.1, -0.05) is 46.4 Å². The maximum absolute atomic E-state index is 12.2. The molecule has 0 fully saturated rings. The summed E-state index contributed by atoms with van der Waals surface area (Å²) >= 11 is 27.0. The largest absolute Gasteiger partial charge is 0.319 e. The molecule has 2 aromatic carbocycles. The van der Waals surface area contributed by atoms with E-state index in [4.69, 9.17) is 46.4 Å². The molecule has 0 aliphatic heterocycles. The van der Waals surface area contributed by atoms with E-state index in [0.717, 1.165) is 0 Å². The highest BCUT2D eigenvalue weighted by Gasteiger charge is 2.15. The van der Waals surface area contributed by atoms with Crippen molar-refractivity contribution in [3.63, 3.8) is 0 Å². The summed E-state index contributed by atoms with van der Waals surface area (Å²) in [6.07, 6.45) is 0. The smallest absolute Gasteiger partial charge is 0.256 e. The summed E-state index contributed by atoms with van der Waals surface area (Å²) in [6.45, 7) is 0. The van der Waals surface area contributed by atoms with Crippen LogP contribution in [0.25, 0.3) is 0 Å². The van der Waals surface area contributed by atoms with E-state index in [0.29, 0.717) is 25.8 Å². The molecule has 1 amide bonds. The number of hydrogen-bond donors (Lipinski definition) is 1. The predicted molar refractivity (Wildman–Crippen MR) is 88.6 cm³/mol. The summed E-state index contributed by atoms with van der Waals surface area (Å²) in [5.41, 5.74) is 0.675. The Balaban J connectivity index is 2.35. The van der Waals surface area contributed by atoms with E-state index < -0.39 is 0 Å². The number of amides is 1. The second-order valence-electron chi connectivity index (χ2n) is 3.82. The van der Waals surface area contributed by atoms with Gasteiger partial charge in [0.25, 0.3) is 5.91 Å². The molecule has 104 valence electrons. The quantitative estimate of drug-likeness (QED) is 0.613. The SMILES string of the molecule is O=C(Nc1c(Cl)cc(Cl)cc1Cl)c1cc(Cl)ccc1Br. The fraction of sp³-hybridized carbons (Fsp3) is 0. The average Bonchev–Trinajstić information content (AvgIpc) is 2.36. The number of carbonyl (C=O) groups excluding carboxylic acids is 1. The summed E-state index contributed by atoms with van der Waals surface area (Å²) in [4.78, 5) is 12.2. The highest BCUT2D eigenvalue weighted by molar-refractivity contribution is 9.10. The summed E-state index contributed by atoms with van der Waals surface area (Å²) in [5, 5.41) is 4.00. The zero-order chi connectivity index (χ0) is 14.9. The molecule has 7 heteroatoms. The highest BCUT2D eigenvalue weighted by Crippen LogP contribution is 2.34. The molecule has 0 spiro atoms. The van der Waals surface area contributed by atoms with Gasteiger partial charge in [-0.2, -0.15) is 0 Å². The maximum Gasteiger partial charge on any atom is 0.256 e. The van der Waals surface area contributed by atoms with Crippen LogP contribution >= 0.6 is 62.3 Å². The number of hydrogen-bond acceptors (Lipinski definition) is 1. The molecule has 0 aromatic heterocycles. The van der Waals surface area contributed by atoms with E-state index >= 15 is 0 Å². The third kappa shape index (κ3) is 3.60. The molecular formula is C13H6BrCl4NO. The first kappa shape index (κ1) is 15.9. The lowest BCUT2D eigenvalue weighted by molar-refractivity contribution is 0.102. The Labute approximate surface area is 144 Å². The highest BCUT2D eigenvalue weighted by atomic mass is 79.9. The van der Waals surface area contributed by atoms with Crippen LogP contribution in [0.15, 0.2) is 34.8 Å². The van der Waals surface area contributed by atoms with Gasteiger partial charge in [0.05, 0.1) is 21.3 Å². The van der Waals surface area contributed by atoms with Crippen molar-refractivity contribution in [2.45, 2.75) is 0 Å². The molecule has 1 N–H and O–H groups in total. The van der Waals surface area contributed by atoms with Crippen molar-refractivity contribution in [1.29, 1.82) is 0 Å². The van der Waals surface area contributed by atoms with Crippen LogP contribution in [0.3, 0.4) is 0 Å². The zero-order valence-electron chi connectivity index (χ0n) is 9.68. The van der Waals surface area contributed by atoms with E-state index in [9.17, 15) is 4.79 Å². The minimum atomic E-state index is -0.384. The first-order valence-corrected chi connectivity index (χ1v) is 7.60. The Morgan fingerprint density at radius 3 is 2.15 bits per heavy atom. The average molecular weight is 414 g/mol. The van der Waals surface area contributed by atoms with Gasteiger partial charge in [-0.15, -0.1) is 0 Å². The summed E-state index contributed by atoms with van der Waals surface area (Å²) < 4.78 is 0.612. The Morgan fingerprint density at radius 1 is 0.950 bits per heavy atom. The van der Waals surface area contributed by atoms with Gasteiger partial charge < -0.3 is 5.32 Å². The van der Waals surface area contributed by atoms with E-state index in [1.165, 1.54) is 12.1 Å². The van der Waals surface area contributed by atoms with Crippen LogP contribution < -0.4 is 5.32 Å². The van der Waals surface area contributed by atoms with E-state index in [1.54, 1.807) is 18.2 Å². The van der Waals surface area contributed by atoms with Crippen molar-refractivity contribution in [2.75, 3.05) is 5.32 Å². The number of anilines is 1. The molecule has 2 aromatic rings. The Kier molecular flexibility index (Phi) is 5.21. The zero-order valence-corrected chi connectivity index (χ0v) is 14.3. The summed E-state index contributed by atoms with van der Waals surface area (Å²) in [7, 11) is 0. The van der Waals surface area contributed by atoms with Gasteiger partial charge in [0.15, 0.2) is 0 Å². The topological polar surface area (TPSA) is 29.1 Å². The first-order valence-electron chi connectivity index (χ1n) is 5.29. The van der Waals surface area contributed by atoms with Crippen LogP contribution in [0.4, 0.5) is 5.69 Å². The maximum atomic E-state index is 12.2. The number of nitrogens with one attached hydrogen (secondary N) is 1. The van der Waals surface area contributed by atoms with E-state index in [2.05, 4.69) is 21.2 Å². The Hall–Kier alpha value is -0.450. The molecule has 0 aliphatic carbocycles. The van der Waals surface area contributed by atoms with Crippen LogP contribution in [-0.4, -0.2) is 5.91 Å². The van der Waals surface area contributed by atoms with Crippen molar-refractivity contribution in [2.24, 2.45) is 0 Å². The van der Waals surface area contributed by atoms with Crippen molar-refractivity contribution in [3.05, 3.63) is 60.5 Å².